The molecule has 0 radical (unpaired) electrons. The van der Waals surface area contributed by atoms with Crippen molar-refractivity contribution >= 4 is 24.3 Å². The third-order valence-corrected chi connectivity index (χ3v) is 5.15. The maximum Gasteiger partial charge on any atom is 0.462 e. The lowest BCUT2D eigenvalue weighted by Gasteiger charge is -2.21. The summed E-state index contributed by atoms with van der Waals surface area (Å²) in [6.45, 7) is 0. The van der Waals surface area contributed by atoms with Crippen molar-refractivity contribution in [1.82, 2.24) is 0 Å². The second-order valence-corrected chi connectivity index (χ2v) is 6.97. The van der Waals surface area contributed by atoms with E-state index >= 15 is 0 Å². The molecule has 3 rings (SSSR count). The highest BCUT2D eigenvalue weighted by Crippen LogP contribution is 2.49. The van der Waals surface area contributed by atoms with Gasteiger partial charge in [0.25, 0.3) is 0 Å². The number of hydrogen-bond donors (Lipinski definition) is 2. The zero-order chi connectivity index (χ0) is 17.0. The summed E-state index contributed by atoms with van der Waals surface area (Å²) in [4.78, 5) is 0. The van der Waals surface area contributed by atoms with Crippen molar-refractivity contribution in [2.45, 2.75) is 0 Å². The Morgan fingerprint density at radius 2 is 1.04 bits per heavy atom. The zero-order valence-corrected chi connectivity index (χ0v) is 13.7. The Bertz CT molecular complexity index is 833. The molecule has 0 unspecified atom stereocenters. The van der Waals surface area contributed by atoms with E-state index in [-0.39, 0.29) is 0 Å². The molecule has 24 heavy (non-hydrogen) atoms. The van der Waals surface area contributed by atoms with Gasteiger partial charge in [0.15, 0.2) is 11.5 Å². The Labute approximate surface area is 140 Å². The van der Waals surface area contributed by atoms with Gasteiger partial charge in [-0.05, 0) is 36.4 Å². The number of hydrogen-bond acceptors (Lipinski definition) is 5. The lowest BCUT2D eigenvalue weighted by molar-refractivity contribution is 0.400. The van der Waals surface area contributed by atoms with Crippen LogP contribution in [0.2, 0.25) is 0 Å². The quantitative estimate of drug-likeness (QED) is 0.544. The Hall–Kier alpha value is -2.91. The summed E-state index contributed by atoms with van der Waals surface area (Å²) in [7, 11) is -3.73. The molecule has 3 aromatic rings. The van der Waals surface area contributed by atoms with Gasteiger partial charge in [-0.15, -0.1) is 0 Å². The van der Waals surface area contributed by atoms with Crippen LogP contribution in [0.5, 0.6) is 11.5 Å². The molecule has 0 atom stereocenters. The molecular weight excluding hydrogens is 323 g/mol. The van der Waals surface area contributed by atoms with Crippen molar-refractivity contribution in [2.24, 2.45) is 0 Å². The van der Waals surface area contributed by atoms with Gasteiger partial charge in [-0.1, -0.05) is 42.5 Å². The van der Waals surface area contributed by atoms with Crippen molar-refractivity contribution in [2.75, 3.05) is 11.5 Å². The lowest BCUT2D eigenvalue weighted by Crippen LogP contribution is -2.15. The van der Waals surface area contributed by atoms with Gasteiger partial charge in [-0.25, -0.2) is 4.57 Å². The van der Waals surface area contributed by atoms with Gasteiger partial charge < -0.3 is 20.5 Å². The molecule has 0 fully saturated rings. The first-order valence-electron chi connectivity index (χ1n) is 7.32. The van der Waals surface area contributed by atoms with Crippen molar-refractivity contribution in [3.05, 3.63) is 78.9 Å². The first-order chi connectivity index (χ1) is 11.6. The van der Waals surface area contributed by atoms with Crippen LogP contribution >= 0.6 is 7.60 Å². The molecule has 6 heteroatoms. The van der Waals surface area contributed by atoms with Crippen LogP contribution in [0.15, 0.2) is 78.9 Å². The Kier molecular flexibility index (Phi) is 4.45. The Morgan fingerprint density at radius 1 is 0.625 bits per heavy atom. The summed E-state index contributed by atoms with van der Waals surface area (Å²) < 4.78 is 25.0. The van der Waals surface area contributed by atoms with Gasteiger partial charge in [-0.3, -0.25) is 0 Å². The highest BCUT2D eigenvalue weighted by Gasteiger charge is 2.32. The summed E-state index contributed by atoms with van der Waals surface area (Å²) in [5, 5.41) is 0.413. The van der Waals surface area contributed by atoms with E-state index in [1.165, 1.54) is 0 Å². The average molecular weight is 340 g/mol. The Balaban J connectivity index is 2.03. The van der Waals surface area contributed by atoms with E-state index in [1.807, 2.05) is 6.07 Å². The summed E-state index contributed by atoms with van der Waals surface area (Å²) >= 11 is 0. The minimum atomic E-state index is -3.73. The number of nitrogens with two attached hydrogens (primary N) is 2. The fraction of sp³-hybridized carbons (Fsp3) is 0. The first kappa shape index (κ1) is 16.0. The van der Waals surface area contributed by atoms with Crippen LogP contribution in [-0.2, 0) is 4.57 Å². The van der Waals surface area contributed by atoms with Gasteiger partial charge in [0, 0.05) is 0 Å². The van der Waals surface area contributed by atoms with E-state index in [0.29, 0.717) is 28.2 Å². The molecule has 122 valence electrons. The number of rotatable bonds is 5. The molecule has 0 aliphatic carbocycles. The number of anilines is 2. The highest BCUT2D eigenvalue weighted by molar-refractivity contribution is 7.63. The summed E-state index contributed by atoms with van der Waals surface area (Å²) in [5.74, 6) is 0.582. The highest BCUT2D eigenvalue weighted by atomic mass is 31.2. The Morgan fingerprint density at radius 3 is 1.50 bits per heavy atom. The van der Waals surface area contributed by atoms with E-state index in [9.17, 15) is 4.57 Å². The molecule has 0 saturated carbocycles. The van der Waals surface area contributed by atoms with E-state index in [2.05, 4.69) is 0 Å². The number of nitrogen functional groups attached to an aromatic ring is 2. The number of para-hydroxylation sites is 4. The van der Waals surface area contributed by atoms with Gasteiger partial charge in [-0.2, -0.15) is 0 Å². The minimum absolute atomic E-state index is 0.291. The second-order valence-electron chi connectivity index (χ2n) is 5.09. The van der Waals surface area contributed by atoms with E-state index in [0.717, 1.165) is 0 Å². The maximum absolute atomic E-state index is 13.5. The van der Waals surface area contributed by atoms with E-state index < -0.39 is 7.60 Å². The van der Waals surface area contributed by atoms with Crippen LogP contribution in [0.1, 0.15) is 0 Å². The standard InChI is InChI=1S/C18H17N2O3P/c19-15-10-4-6-12-17(15)22-24(21,14-8-2-1-3-9-14)23-18-13-7-5-11-16(18)20/h1-13H,19-20H2. The molecular formula is C18H17N2O3P. The third-order valence-electron chi connectivity index (χ3n) is 3.35. The van der Waals surface area contributed by atoms with Gasteiger partial charge in [0.1, 0.15) is 0 Å². The van der Waals surface area contributed by atoms with Gasteiger partial charge >= 0.3 is 7.60 Å². The van der Waals surface area contributed by atoms with Crippen molar-refractivity contribution in [1.29, 1.82) is 0 Å². The molecule has 4 N–H and O–H groups in total. The molecule has 0 bridgehead atoms. The molecule has 0 aromatic heterocycles. The van der Waals surface area contributed by atoms with Crippen LogP contribution in [0.25, 0.3) is 0 Å². The predicted octanol–water partition coefficient (Wildman–Crippen LogP) is 3.83. The SMILES string of the molecule is Nc1ccccc1OP(=O)(Oc1ccccc1N)c1ccccc1. The lowest BCUT2D eigenvalue weighted by atomic mass is 10.3. The van der Waals surface area contributed by atoms with Crippen molar-refractivity contribution in [3.63, 3.8) is 0 Å². The maximum atomic E-state index is 13.5. The fourth-order valence-corrected chi connectivity index (χ4v) is 3.76. The largest absolute Gasteiger partial charge is 0.462 e. The van der Waals surface area contributed by atoms with Crippen LogP contribution < -0.4 is 25.8 Å². The number of benzene rings is 3. The molecule has 0 saturated heterocycles. The summed E-state index contributed by atoms with van der Waals surface area (Å²) in [6.07, 6.45) is 0. The monoisotopic (exact) mass is 340 g/mol. The average Bonchev–Trinajstić information content (AvgIpc) is 2.60. The predicted molar refractivity (Wildman–Crippen MR) is 96.6 cm³/mol. The zero-order valence-electron chi connectivity index (χ0n) is 12.8. The van der Waals surface area contributed by atoms with Crippen LogP contribution in [0.4, 0.5) is 11.4 Å². The topological polar surface area (TPSA) is 87.6 Å². The molecule has 0 spiro atoms. The van der Waals surface area contributed by atoms with E-state index in [1.54, 1.807) is 72.8 Å². The van der Waals surface area contributed by atoms with E-state index in [4.69, 9.17) is 20.5 Å². The minimum Gasteiger partial charge on any atom is -0.411 e. The first-order valence-corrected chi connectivity index (χ1v) is 8.86. The van der Waals surface area contributed by atoms with Crippen molar-refractivity contribution in [3.8, 4) is 11.5 Å². The normalized spacial score (nSPS) is 11.0. The third kappa shape index (κ3) is 3.36. The molecule has 5 nitrogen and oxygen atoms in total. The summed E-state index contributed by atoms with van der Waals surface area (Å²) in [6, 6.07) is 22.4. The molecule has 3 aromatic carbocycles. The smallest absolute Gasteiger partial charge is 0.411 e. The fourth-order valence-electron chi connectivity index (χ4n) is 2.12. The van der Waals surface area contributed by atoms with Gasteiger partial charge in [0.2, 0.25) is 0 Å². The second kappa shape index (κ2) is 6.69. The molecule has 0 aliphatic rings. The molecule has 0 amide bonds. The van der Waals surface area contributed by atoms with Gasteiger partial charge in [0.05, 0.1) is 16.7 Å². The van der Waals surface area contributed by atoms with Crippen LogP contribution in [-0.4, -0.2) is 0 Å². The molecule has 0 aliphatic heterocycles. The van der Waals surface area contributed by atoms with Crippen LogP contribution in [0, 0.1) is 0 Å². The van der Waals surface area contributed by atoms with Crippen molar-refractivity contribution < 1.29 is 13.6 Å². The molecule has 0 heterocycles. The summed E-state index contributed by atoms with van der Waals surface area (Å²) in [5.41, 5.74) is 12.6. The van der Waals surface area contributed by atoms with Crippen LogP contribution in [0.3, 0.4) is 0 Å².